The summed E-state index contributed by atoms with van der Waals surface area (Å²) in [6.07, 6.45) is 2.08. The molecule has 3 rings (SSSR count). The Morgan fingerprint density at radius 1 is 1.38 bits per heavy atom. The summed E-state index contributed by atoms with van der Waals surface area (Å²) in [6.45, 7) is 3.81. The highest BCUT2D eigenvalue weighted by atomic mass is 32.1. The zero-order chi connectivity index (χ0) is 18.7. The number of ether oxygens (including phenoxy) is 1. The van der Waals surface area contributed by atoms with Crippen LogP contribution in [0.4, 0.5) is 0 Å². The van der Waals surface area contributed by atoms with Crippen LogP contribution < -0.4 is 15.6 Å². The Balaban J connectivity index is 1.67. The second kappa shape index (κ2) is 7.70. The maximum absolute atomic E-state index is 12.5. The van der Waals surface area contributed by atoms with Gasteiger partial charge in [-0.05, 0) is 38.0 Å². The monoisotopic (exact) mass is 371 g/mol. The molecule has 7 heteroatoms. The van der Waals surface area contributed by atoms with Crippen molar-refractivity contribution in [2.45, 2.75) is 32.9 Å². The average Bonchev–Trinajstić information content (AvgIpc) is 2.99. The summed E-state index contributed by atoms with van der Waals surface area (Å²) in [6, 6.07) is 9.45. The fraction of sp³-hybridized carbons (Fsp3) is 0.316. The second-order valence-corrected chi connectivity index (χ2v) is 7.47. The molecule has 0 aliphatic carbocycles. The van der Waals surface area contributed by atoms with E-state index in [2.05, 4.69) is 10.3 Å². The van der Waals surface area contributed by atoms with E-state index in [0.29, 0.717) is 16.6 Å². The number of hydrogen-bond acceptors (Lipinski definition) is 5. The lowest BCUT2D eigenvalue weighted by molar-refractivity contribution is -0.122. The summed E-state index contributed by atoms with van der Waals surface area (Å²) in [5.41, 5.74) is 0.837. The van der Waals surface area contributed by atoms with Crippen LogP contribution in [0.5, 0.6) is 5.75 Å². The number of methoxy groups -OCH3 is 1. The van der Waals surface area contributed by atoms with Gasteiger partial charge in [-0.25, -0.2) is 4.98 Å². The maximum Gasteiger partial charge on any atom is 0.262 e. The molecular weight excluding hydrogens is 350 g/mol. The largest absolute Gasteiger partial charge is 0.496 e. The van der Waals surface area contributed by atoms with E-state index in [9.17, 15) is 9.59 Å². The Morgan fingerprint density at radius 3 is 2.92 bits per heavy atom. The van der Waals surface area contributed by atoms with Gasteiger partial charge in [-0.15, -0.1) is 11.3 Å². The number of hydrogen-bond donors (Lipinski definition) is 1. The molecule has 1 aromatic carbocycles. The molecule has 3 aromatic rings. The number of para-hydroxylation sites is 1. The highest BCUT2D eigenvalue weighted by Gasteiger charge is 2.13. The SMILES string of the molecule is COc1ccccc1CC(C)NC(=O)Cn1cnc2sc(C)cc2c1=O. The first kappa shape index (κ1) is 18.1. The number of carbonyl (C=O) groups excluding carboxylic acids is 1. The van der Waals surface area contributed by atoms with E-state index in [1.54, 1.807) is 7.11 Å². The Hall–Kier alpha value is -2.67. The Morgan fingerprint density at radius 2 is 2.15 bits per heavy atom. The van der Waals surface area contributed by atoms with E-state index < -0.39 is 0 Å². The molecule has 0 saturated heterocycles. The van der Waals surface area contributed by atoms with Gasteiger partial charge in [-0.2, -0.15) is 0 Å². The van der Waals surface area contributed by atoms with Crippen LogP contribution in [-0.2, 0) is 17.8 Å². The number of fused-ring (bicyclic) bond motifs is 1. The van der Waals surface area contributed by atoms with E-state index in [0.717, 1.165) is 16.2 Å². The van der Waals surface area contributed by atoms with Crippen LogP contribution in [0.25, 0.3) is 10.2 Å². The number of thiophene rings is 1. The van der Waals surface area contributed by atoms with Gasteiger partial charge in [0.2, 0.25) is 5.91 Å². The molecule has 1 amide bonds. The molecule has 136 valence electrons. The number of rotatable bonds is 6. The smallest absolute Gasteiger partial charge is 0.262 e. The molecule has 2 aromatic heterocycles. The minimum atomic E-state index is -0.220. The second-order valence-electron chi connectivity index (χ2n) is 6.24. The summed E-state index contributed by atoms with van der Waals surface area (Å²) in [4.78, 5) is 30.8. The molecular formula is C19H21N3O3S. The van der Waals surface area contributed by atoms with Gasteiger partial charge in [0.05, 0.1) is 18.8 Å². The topological polar surface area (TPSA) is 73.2 Å². The lowest BCUT2D eigenvalue weighted by Crippen LogP contribution is -2.38. The molecule has 1 atom stereocenters. The first-order chi connectivity index (χ1) is 12.5. The quantitative estimate of drug-likeness (QED) is 0.723. The van der Waals surface area contributed by atoms with Crippen molar-refractivity contribution < 1.29 is 9.53 Å². The van der Waals surface area contributed by atoms with Gasteiger partial charge in [0, 0.05) is 10.9 Å². The van der Waals surface area contributed by atoms with E-state index in [1.165, 1.54) is 22.2 Å². The third kappa shape index (κ3) is 3.94. The minimum absolute atomic E-state index is 0.0487. The highest BCUT2D eigenvalue weighted by Crippen LogP contribution is 2.20. The molecule has 0 radical (unpaired) electrons. The number of amides is 1. The molecule has 26 heavy (non-hydrogen) atoms. The molecule has 1 unspecified atom stereocenters. The predicted octanol–water partition coefficient (Wildman–Crippen LogP) is 2.52. The van der Waals surface area contributed by atoms with Crippen LogP contribution in [0.15, 0.2) is 41.5 Å². The standard InChI is InChI=1S/C19H21N3O3S/c1-12(8-14-6-4-5-7-16(14)25-3)21-17(23)10-22-11-20-18-15(19(22)24)9-13(2)26-18/h4-7,9,11-12H,8,10H2,1-3H3,(H,21,23). The average molecular weight is 371 g/mol. The lowest BCUT2D eigenvalue weighted by atomic mass is 10.1. The maximum atomic E-state index is 12.5. The van der Waals surface area contributed by atoms with Crippen molar-refractivity contribution in [1.82, 2.24) is 14.9 Å². The lowest BCUT2D eigenvalue weighted by Gasteiger charge is -2.16. The molecule has 0 bridgehead atoms. The van der Waals surface area contributed by atoms with Gasteiger partial charge in [-0.1, -0.05) is 18.2 Å². The molecule has 0 fully saturated rings. The number of carbonyl (C=O) groups is 1. The van der Waals surface area contributed by atoms with E-state index >= 15 is 0 Å². The fourth-order valence-corrected chi connectivity index (χ4v) is 3.76. The zero-order valence-electron chi connectivity index (χ0n) is 15.0. The summed E-state index contributed by atoms with van der Waals surface area (Å²) in [5, 5.41) is 3.49. The molecule has 2 heterocycles. The van der Waals surface area contributed by atoms with Crippen molar-refractivity contribution in [2.75, 3.05) is 7.11 Å². The molecule has 0 spiro atoms. The van der Waals surface area contributed by atoms with Crippen molar-refractivity contribution in [3.05, 3.63) is 57.5 Å². The summed E-state index contributed by atoms with van der Waals surface area (Å²) in [5.74, 6) is 0.579. The third-order valence-corrected chi connectivity index (χ3v) is 5.04. The number of benzene rings is 1. The number of nitrogens with zero attached hydrogens (tertiary/aromatic N) is 2. The van der Waals surface area contributed by atoms with Crippen molar-refractivity contribution in [1.29, 1.82) is 0 Å². The first-order valence-corrected chi connectivity index (χ1v) is 9.16. The van der Waals surface area contributed by atoms with Crippen molar-refractivity contribution >= 4 is 27.5 Å². The zero-order valence-corrected chi connectivity index (χ0v) is 15.8. The van der Waals surface area contributed by atoms with Gasteiger partial charge in [-0.3, -0.25) is 14.2 Å². The Kier molecular flexibility index (Phi) is 5.37. The highest BCUT2D eigenvalue weighted by molar-refractivity contribution is 7.18. The minimum Gasteiger partial charge on any atom is -0.496 e. The van der Waals surface area contributed by atoms with Gasteiger partial charge in [0.25, 0.3) is 5.56 Å². The van der Waals surface area contributed by atoms with Crippen molar-refractivity contribution in [3.63, 3.8) is 0 Å². The summed E-state index contributed by atoms with van der Waals surface area (Å²) < 4.78 is 6.69. The number of nitrogens with one attached hydrogen (secondary N) is 1. The number of aryl methyl sites for hydroxylation is 1. The molecule has 6 nitrogen and oxygen atoms in total. The first-order valence-electron chi connectivity index (χ1n) is 8.34. The molecule has 0 aliphatic rings. The van der Waals surface area contributed by atoms with Gasteiger partial charge >= 0.3 is 0 Å². The summed E-state index contributed by atoms with van der Waals surface area (Å²) in [7, 11) is 1.63. The molecule has 0 aliphatic heterocycles. The van der Waals surface area contributed by atoms with Gasteiger partial charge in [0.15, 0.2) is 0 Å². The van der Waals surface area contributed by atoms with Crippen LogP contribution in [0.1, 0.15) is 17.4 Å². The fourth-order valence-electron chi connectivity index (χ4n) is 2.92. The Bertz CT molecular complexity index is 993. The van der Waals surface area contributed by atoms with Crippen LogP contribution in [0.3, 0.4) is 0 Å². The van der Waals surface area contributed by atoms with E-state index in [1.807, 2.05) is 44.2 Å². The van der Waals surface area contributed by atoms with Gasteiger partial charge < -0.3 is 10.1 Å². The molecule has 0 saturated carbocycles. The molecule has 1 N–H and O–H groups in total. The van der Waals surface area contributed by atoms with Crippen molar-refractivity contribution in [3.8, 4) is 5.75 Å². The summed E-state index contributed by atoms with van der Waals surface area (Å²) >= 11 is 1.47. The van der Waals surface area contributed by atoms with Crippen LogP contribution in [-0.4, -0.2) is 28.6 Å². The van der Waals surface area contributed by atoms with Crippen LogP contribution in [0.2, 0.25) is 0 Å². The predicted molar refractivity (Wildman–Crippen MR) is 103 cm³/mol. The van der Waals surface area contributed by atoms with E-state index in [4.69, 9.17) is 4.74 Å². The van der Waals surface area contributed by atoms with Crippen LogP contribution >= 0.6 is 11.3 Å². The normalized spacial score (nSPS) is 12.1. The number of aromatic nitrogens is 2. The van der Waals surface area contributed by atoms with Crippen LogP contribution in [0, 0.1) is 6.92 Å². The Labute approximate surface area is 155 Å². The van der Waals surface area contributed by atoms with E-state index in [-0.39, 0.29) is 24.1 Å². The van der Waals surface area contributed by atoms with Crippen molar-refractivity contribution in [2.24, 2.45) is 0 Å². The third-order valence-electron chi connectivity index (χ3n) is 4.08. The van der Waals surface area contributed by atoms with Gasteiger partial charge in [0.1, 0.15) is 17.1 Å².